The van der Waals surface area contributed by atoms with Gasteiger partial charge in [-0.1, -0.05) is 0 Å². The van der Waals surface area contributed by atoms with Crippen LogP contribution in [0.4, 0.5) is 0 Å². The highest BCUT2D eigenvalue weighted by Gasteiger charge is 1.94. The van der Waals surface area contributed by atoms with Gasteiger partial charge in [-0.25, -0.2) is 0 Å². The zero-order chi connectivity index (χ0) is 8.49. The van der Waals surface area contributed by atoms with Gasteiger partial charge in [-0.2, -0.15) is 0 Å². The summed E-state index contributed by atoms with van der Waals surface area (Å²) in [5, 5.41) is 0. The molecule has 2 rings (SSSR count). The van der Waals surface area contributed by atoms with Crippen LogP contribution in [0, 0.1) is 0 Å². The molecule has 72 valence electrons. The maximum Gasteiger partial charge on any atom is 0.152 e. The Hall–Kier alpha value is -0.200. The fraction of sp³-hybridized carbons (Fsp3) is 1.00. The van der Waals surface area contributed by atoms with Gasteiger partial charge in [0.05, 0.1) is 26.4 Å². The van der Waals surface area contributed by atoms with Gasteiger partial charge in [-0.3, -0.25) is 0 Å². The molecule has 2 aliphatic heterocycles. The second-order valence-electron chi connectivity index (χ2n) is 2.19. The first-order valence-electron chi connectivity index (χ1n) is 3.89. The van der Waals surface area contributed by atoms with Crippen molar-refractivity contribution < 1.29 is 23.7 Å². The first kappa shape index (κ1) is 9.88. The molecule has 0 bridgehead atoms. The zero-order valence-corrected chi connectivity index (χ0v) is 6.99. The van der Waals surface area contributed by atoms with Crippen LogP contribution in [0.2, 0.25) is 0 Å². The molecule has 0 atom stereocenters. The number of hydrogen-bond donors (Lipinski definition) is 0. The highest BCUT2D eigenvalue weighted by atomic mass is 16.8. The molecule has 2 saturated heterocycles. The van der Waals surface area contributed by atoms with Crippen molar-refractivity contribution in [1.82, 2.24) is 0 Å². The van der Waals surface area contributed by atoms with E-state index >= 15 is 0 Å². The molecule has 0 aromatic rings. The summed E-state index contributed by atoms with van der Waals surface area (Å²) in [6.07, 6.45) is 0. The third kappa shape index (κ3) is 5.45. The van der Waals surface area contributed by atoms with Gasteiger partial charge in [-0.15, -0.1) is 0 Å². The highest BCUT2D eigenvalue weighted by Crippen LogP contribution is 1.87. The summed E-state index contributed by atoms with van der Waals surface area (Å²) >= 11 is 0. The van der Waals surface area contributed by atoms with Crippen LogP contribution in [-0.2, 0) is 23.7 Å². The van der Waals surface area contributed by atoms with Crippen molar-refractivity contribution in [3.8, 4) is 0 Å². The fourth-order valence-electron chi connectivity index (χ4n) is 0.719. The van der Waals surface area contributed by atoms with Gasteiger partial charge >= 0.3 is 0 Å². The summed E-state index contributed by atoms with van der Waals surface area (Å²) in [5.41, 5.74) is 0. The molecule has 2 fully saturated rings. The van der Waals surface area contributed by atoms with E-state index in [1.807, 2.05) is 0 Å². The zero-order valence-electron chi connectivity index (χ0n) is 6.99. The number of ether oxygens (including phenoxy) is 5. The van der Waals surface area contributed by atoms with Crippen molar-refractivity contribution >= 4 is 0 Å². The number of rotatable bonds is 0. The molecule has 5 nitrogen and oxygen atoms in total. The molecule has 5 heteroatoms. The molecule has 0 N–H and O–H groups in total. The molecule has 0 unspecified atom stereocenters. The van der Waals surface area contributed by atoms with Gasteiger partial charge in [0.15, 0.2) is 20.4 Å². The van der Waals surface area contributed by atoms with E-state index in [4.69, 9.17) is 9.47 Å². The van der Waals surface area contributed by atoms with E-state index in [0.717, 1.165) is 26.4 Å². The van der Waals surface area contributed by atoms with Crippen LogP contribution in [-0.4, -0.2) is 46.8 Å². The Labute approximate surface area is 71.5 Å². The van der Waals surface area contributed by atoms with E-state index in [2.05, 4.69) is 14.2 Å². The molecule has 0 aliphatic carbocycles. The Morgan fingerprint density at radius 3 is 0.917 bits per heavy atom. The normalized spacial score (nSPS) is 24.0. The van der Waals surface area contributed by atoms with Crippen molar-refractivity contribution in [2.75, 3.05) is 46.8 Å². The molecular weight excluding hydrogens is 164 g/mol. The fourth-order valence-corrected chi connectivity index (χ4v) is 0.719. The summed E-state index contributed by atoms with van der Waals surface area (Å²) < 4.78 is 23.8. The van der Waals surface area contributed by atoms with E-state index in [1.165, 1.54) is 0 Å². The van der Waals surface area contributed by atoms with Gasteiger partial charge in [0.25, 0.3) is 0 Å². The minimum atomic E-state index is 0.375. The summed E-state index contributed by atoms with van der Waals surface area (Å²) in [7, 11) is 0. The predicted molar refractivity (Wildman–Crippen MR) is 39.5 cm³/mol. The van der Waals surface area contributed by atoms with Crippen molar-refractivity contribution in [3.63, 3.8) is 0 Å². The molecule has 0 amide bonds. The van der Waals surface area contributed by atoms with Crippen molar-refractivity contribution in [2.45, 2.75) is 0 Å². The minimum absolute atomic E-state index is 0.375. The lowest BCUT2D eigenvalue weighted by molar-refractivity contribution is -0.247. The summed E-state index contributed by atoms with van der Waals surface area (Å²) in [6.45, 7) is 4.24. The van der Waals surface area contributed by atoms with E-state index < -0.39 is 0 Å². The Morgan fingerprint density at radius 2 is 0.750 bits per heavy atom. The average molecular weight is 178 g/mol. The molecular formula is C7H14O5. The smallest absolute Gasteiger partial charge is 0.152 e. The molecule has 0 aromatic heterocycles. The lowest BCUT2D eigenvalue weighted by Crippen LogP contribution is -2.16. The maximum atomic E-state index is 4.94. The van der Waals surface area contributed by atoms with Gasteiger partial charge in [-0.05, 0) is 0 Å². The summed E-state index contributed by atoms with van der Waals surface area (Å²) in [4.78, 5) is 0. The quantitative estimate of drug-likeness (QED) is 0.520. The first-order chi connectivity index (χ1) is 6.00. The SMILES string of the molecule is C1COCCO1.C1OCOCO1. The van der Waals surface area contributed by atoms with Crippen molar-refractivity contribution in [1.29, 1.82) is 0 Å². The van der Waals surface area contributed by atoms with E-state index in [0.29, 0.717) is 20.4 Å². The molecule has 0 aromatic carbocycles. The predicted octanol–water partition coefficient (Wildman–Crippen LogP) is -0.0445. The molecule has 2 heterocycles. The van der Waals surface area contributed by atoms with Crippen LogP contribution < -0.4 is 0 Å². The first-order valence-corrected chi connectivity index (χ1v) is 3.89. The lowest BCUT2D eigenvalue weighted by atomic mass is 10.6. The van der Waals surface area contributed by atoms with E-state index in [-0.39, 0.29) is 0 Å². The third-order valence-electron chi connectivity index (χ3n) is 1.24. The molecule has 12 heavy (non-hydrogen) atoms. The van der Waals surface area contributed by atoms with Crippen LogP contribution in [0.3, 0.4) is 0 Å². The van der Waals surface area contributed by atoms with Gasteiger partial charge in [0.1, 0.15) is 0 Å². The highest BCUT2D eigenvalue weighted by molar-refractivity contribution is 4.37. The molecule has 2 aliphatic rings. The average Bonchev–Trinajstić information content (AvgIpc) is 2.24. The van der Waals surface area contributed by atoms with Gasteiger partial charge < -0.3 is 23.7 Å². The molecule has 0 spiro atoms. The van der Waals surface area contributed by atoms with E-state index in [9.17, 15) is 0 Å². The lowest BCUT2D eigenvalue weighted by Gasteiger charge is -2.10. The van der Waals surface area contributed by atoms with Crippen molar-refractivity contribution in [3.05, 3.63) is 0 Å². The van der Waals surface area contributed by atoms with E-state index in [1.54, 1.807) is 0 Å². The third-order valence-corrected chi connectivity index (χ3v) is 1.24. The Bertz CT molecular complexity index is 54.8. The summed E-state index contributed by atoms with van der Waals surface area (Å²) in [6, 6.07) is 0. The van der Waals surface area contributed by atoms with Crippen LogP contribution >= 0.6 is 0 Å². The largest absolute Gasteiger partial charge is 0.377 e. The van der Waals surface area contributed by atoms with Gasteiger partial charge in [0, 0.05) is 0 Å². The number of hydrogen-bond acceptors (Lipinski definition) is 5. The topological polar surface area (TPSA) is 46.2 Å². The second kappa shape index (κ2) is 7.45. The van der Waals surface area contributed by atoms with Crippen LogP contribution in [0.25, 0.3) is 0 Å². The molecule has 0 radical (unpaired) electrons. The van der Waals surface area contributed by atoms with Crippen molar-refractivity contribution in [2.24, 2.45) is 0 Å². The minimum Gasteiger partial charge on any atom is -0.377 e. The van der Waals surface area contributed by atoms with Crippen LogP contribution in [0.5, 0.6) is 0 Å². The second-order valence-corrected chi connectivity index (χ2v) is 2.19. The Morgan fingerprint density at radius 1 is 0.417 bits per heavy atom. The Kier molecular flexibility index (Phi) is 6.14. The van der Waals surface area contributed by atoms with Gasteiger partial charge in [0.2, 0.25) is 0 Å². The standard InChI is InChI=1S/C4H8O2.C3H6O3/c1-2-6-4-3-5-1;1-4-2-6-3-5-1/h1-4H2;1-3H2. The maximum absolute atomic E-state index is 4.94. The monoisotopic (exact) mass is 178 g/mol. The van der Waals surface area contributed by atoms with Crippen LogP contribution in [0.15, 0.2) is 0 Å². The van der Waals surface area contributed by atoms with Crippen LogP contribution in [0.1, 0.15) is 0 Å². The summed E-state index contributed by atoms with van der Waals surface area (Å²) in [5.74, 6) is 0. The molecule has 0 saturated carbocycles. The Balaban J connectivity index is 0.000000120.